The van der Waals surface area contributed by atoms with Crippen molar-refractivity contribution in [2.24, 2.45) is 0 Å². The highest BCUT2D eigenvalue weighted by Gasteiger charge is 2.48. The van der Waals surface area contributed by atoms with E-state index in [4.69, 9.17) is 5.10 Å². The van der Waals surface area contributed by atoms with Gasteiger partial charge in [-0.15, -0.1) is 0 Å². The van der Waals surface area contributed by atoms with Gasteiger partial charge in [0.05, 0.1) is 23.5 Å². The van der Waals surface area contributed by atoms with Gasteiger partial charge >= 0.3 is 0 Å². The molecule has 1 fully saturated rings. The van der Waals surface area contributed by atoms with E-state index in [0.29, 0.717) is 5.54 Å². The van der Waals surface area contributed by atoms with Crippen molar-refractivity contribution >= 4 is 0 Å². The summed E-state index contributed by atoms with van der Waals surface area (Å²) in [5, 5.41) is 8.36. The summed E-state index contributed by atoms with van der Waals surface area (Å²) in [5.41, 5.74) is 3.11. The molecule has 1 N–H and O–H groups in total. The van der Waals surface area contributed by atoms with Gasteiger partial charge < -0.3 is 5.32 Å². The van der Waals surface area contributed by atoms with Gasteiger partial charge in [-0.3, -0.25) is 4.68 Å². The van der Waals surface area contributed by atoms with Crippen LogP contribution in [0.15, 0.2) is 6.07 Å². The maximum Gasteiger partial charge on any atom is 0.0681 e. The molecule has 2 heterocycles. The van der Waals surface area contributed by atoms with Gasteiger partial charge in [0.2, 0.25) is 0 Å². The molecule has 0 saturated heterocycles. The van der Waals surface area contributed by atoms with Crippen LogP contribution < -0.4 is 5.32 Å². The second-order valence-corrected chi connectivity index (χ2v) is 5.90. The van der Waals surface area contributed by atoms with Gasteiger partial charge in [0, 0.05) is 12.0 Å². The Hall–Kier alpha value is -0.830. The van der Waals surface area contributed by atoms with E-state index in [1.807, 2.05) is 0 Å². The zero-order valence-corrected chi connectivity index (χ0v) is 9.80. The number of rotatable bonds is 0. The zero-order valence-electron chi connectivity index (χ0n) is 9.80. The van der Waals surface area contributed by atoms with E-state index < -0.39 is 0 Å². The first-order valence-electron chi connectivity index (χ1n) is 5.85. The van der Waals surface area contributed by atoms with Crippen molar-refractivity contribution in [3.05, 3.63) is 17.5 Å². The molecular weight excluding hydrogens is 186 g/mol. The summed E-state index contributed by atoms with van der Waals surface area (Å²) < 4.78 is 2.21. The van der Waals surface area contributed by atoms with Crippen LogP contribution in [0.3, 0.4) is 0 Å². The van der Waals surface area contributed by atoms with E-state index >= 15 is 0 Å². The zero-order chi connectivity index (χ0) is 10.7. The molecule has 3 nitrogen and oxygen atoms in total. The lowest BCUT2D eigenvalue weighted by atomic mass is 9.91. The molecule has 0 radical (unpaired) electrons. The van der Waals surface area contributed by atoms with E-state index in [1.54, 1.807) is 0 Å². The van der Waals surface area contributed by atoms with Crippen LogP contribution in [0.1, 0.15) is 45.0 Å². The Morgan fingerprint density at radius 2 is 2.13 bits per heavy atom. The van der Waals surface area contributed by atoms with Crippen molar-refractivity contribution in [1.82, 2.24) is 15.1 Å². The summed E-state index contributed by atoms with van der Waals surface area (Å²) in [6, 6.07) is 2.30. The van der Waals surface area contributed by atoms with Gasteiger partial charge in [0.15, 0.2) is 0 Å². The van der Waals surface area contributed by atoms with E-state index in [-0.39, 0.29) is 5.41 Å². The largest absolute Gasteiger partial charge is 0.304 e. The molecule has 1 aliphatic heterocycles. The van der Waals surface area contributed by atoms with Gasteiger partial charge in [0.1, 0.15) is 0 Å². The maximum absolute atomic E-state index is 4.73. The molecule has 1 aliphatic carbocycles. The fourth-order valence-corrected chi connectivity index (χ4v) is 2.39. The normalized spacial score (nSPS) is 22.9. The monoisotopic (exact) mass is 205 g/mol. The van der Waals surface area contributed by atoms with E-state index in [0.717, 1.165) is 13.1 Å². The fraction of sp³-hybridized carbons (Fsp3) is 0.750. The summed E-state index contributed by atoms with van der Waals surface area (Å²) in [4.78, 5) is 0. The first kappa shape index (κ1) is 9.40. The third-order valence-corrected chi connectivity index (χ3v) is 3.58. The number of fused-ring (bicyclic) bond motifs is 2. The van der Waals surface area contributed by atoms with Crippen molar-refractivity contribution in [1.29, 1.82) is 0 Å². The van der Waals surface area contributed by atoms with Crippen molar-refractivity contribution in [3.63, 3.8) is 0 Å². The van der Waals surface area contributed by atoms with Gasteiger partial charge in [-0.1, -0.05) is 20.8 Å². The summed E-state index contributed by atoms with van der Waals surface area (Å²) in [6.07, 6.45) is 2.56. The lowest BCUT2D eigenvalue weighted by Crippen LogP contribution is -2.39. The van der Waals surface area contributed by atoms with Crippen molar-refractivity contribution in [2.75, 3.05) is 6.54 Å². The lowest BCUT2D eigenvalue weighted by molar-refractivity contribution is 0.382. The van der Waals surface area contributed by atoms with Crippen LogP contribution >= 0.6 is 0 Å². The average Bonchev–Trinajstić information content (AvgIpc) is 2.76. The predicted octanol–water partition coefficient (Wildman–Crippen LogP) is 1.77. The first-order chi connectivity index (χ1) is 7.01. The molecule has 3 rings (SSSR count). The van der Waals surface area contributed by atoms with Gasteiger partial charge in [-0.2, -0.15) is 5.10 Å². The SMILES string of the molecule is CC(C)(C)c1cc2n(n1)CCNC21CC1. The molecule has 0 atom stereocenters. The minimum atomic E-state index is 0.167. The molecule has 15 heavy (non-hydrogen) atoms. The first-order valence-corrected chi connectivity index (χ1v) is 5.85. The van der Waals surface area contributed by atoms with Crippen LogP contribution in [0.25, 0.3) is 0 Å². The molecule has 1 saturated carbocycles. The highest BCUT2D eigenvalue weighted by atomic mass is 15.3. The minimum Gasteiger partial charge on any atom is -0.304 e. The van der Waals surface area contributed by atoms with E-state index in [2.05, 4.69) is 36.8 Å². The Balaban J connectivity index is 2.07. The summed E-state index contributed by atoms with van der Waals surface area (Å²) in [5.74, 6) is 0. The lowest BCUT2D eigenvalue weighted by Gasteiger charge is -2.24. The Kier molecular flexibility index (Phi) is 1.66. The molecule has 0 bridgehead atoms. The standard InChI is InChI=1S/C12H19N3/c1-11(2,3)9-8-10-12(4-5-12)13-6-7-15(10)14-9/h8,13H,4-7H2,1-3H3. The van der Waals surface area contributed by atoms with Gasteiger partial charge in [0.25, 0.3) is 0 Å². The molecule has 0 unspecified atom stereocenters. The number of aromatic nitrogens is 2. The Morgan fingerprint density at radius 3 is 2.73 bits per heavy atom. The molecule has 1 aromatic heterocycles. The van der Waals surface area contributed by atoms with Crippen LogP contribution in [-0.4, -0.2) is 16.3 Å². The maximum atomic E-state index is 4.73. The predicted molar refractivity (Wildman–Crippen MR) is 59.8 cm³/mol. The molecule has 2 aliphatic rings. The summed E-state index contributed by atoms with van der Waals surface area (Å²) in [7, 11) is 0. The van der Waals surface area contributed by atoms with Crippen LogP contribution in [0, 0.1) is 0 Å². The van der Waals surface area contributed by atoms with Crippen molar-refractivity contribution < 1.29 is 0 Å². The minimum absolute atomic E-state index is 0.167. The number of hydrogen-bond acceptors (Lipinski definition) is 2. The molecule has 1 spiro atoms. The third kappa shape index (κ3) is 1.33. The molecule has 0 amide bonds. The highest BCUT2D eigenvalue weighted by Crippen LogP contribution is 2.47. The Morgan fingerprint density at radius 1 is 1.40 bits per heavy atom. The Labute approximate surface area is 90.9 Å². The average molecular weight is 205 g/mol. The molecule has 82 valence electrons. The van der Waals surface area contributed by atoms with Crippen LogP contribution in [0.2, 0.25) is 0 Å². The van der Waals surface area contributed by atoms with E-state index in [1.165, 1.54) is 24.2 Å². The summed E-state index contributed by atoms with van der Waals surface area (Å²) in [6.45, 7) is 8.78. The van der Waals surface area contributed by atoms with Gasteiger partial charge in [-0.25, -0.2) is 0 Å². The van der Waals surface area contributed by atoms with Crippen LogP contribution in [0.5, 0.6) is 0 Å². The summed E-state index contributed by atoms with van der Waals surface area (Å²) >= 11 is 0. The third-order valence-electron chi connectivity index (χ3n) is 3.58. The second-order valence-electron chi connectivity index (χ2n) is 5.90. The number of hydrogen-bond donors (Lipinski definition) is 1. The highest BCUT2D eigenvalue weighted by molar-refractivity contribution is 5.30. The van der Waals surface area contributed by atoms with Crippen molar-refractivity contribution in [2.45, 2.75) is 51.1 Å². The van der Waals surface area contributed by atoms with Crippen LogP contribution in [0.4, 0.5) is 0 Å². The molecule has 3 heteroatoms. The van der Waals surface area contributed by atoms with E-state index in [9.17, 15) is 0 Å². The number of nitrogens with one attached hydrogen (secondary N) is 1. The Bertz CT molecular complexity index is 393. The quantitative estimate of drug-likeness (QED) is 0.699. The molecule has 1 aromatic rings. The smallest absolute Gasteiger partial charge is 0.0681 e. The van der Waals surface area contributed by atoms with Crippen molar-refractivity contribution in [3.8, 4) is 0 Å². The molecule has 0 aromatic carbocycles. The van der Waals surface area contributed by atoms with Gasteiger partial charge in [-0.05, 0) is 18.9 Å². The molecular formula is C12H19N3. The number of nitrogens with zero attached hydrogens (tertiary/aromatic N) is 2. The topological polar surface area (TPSA) is 29.9 Å². The van der Waals surface area contributed by atoms with Crippen LogP contribution in [-0.2, 0) is 17.5 Å². The second kappa shape index (κ2) is 2.64. The fourth-order valence-electron chi connectivity index (χ4n) is 2.39.